The fourth-order valence-electron chi connectivity index (χ4n) is 7.55. The summed E-state index contributed by atoms with van der Waals surface area (Å²) in [6.45, 7) is 0. The molecule has 6 heterocycles. The van der Waals surface area contributed by atoms with Gasteiger partial charge < -0.3 is 0 Å². The topological polar surface area (TPSA) is 141 Å². The molecule has 246 valence electrons. The molecule has 0 saturated heterocycles. The van der Waals surface area contributed by atoms with Crippen LogP contribution in [-0.2, 0) is 29.5 Å². The Morgan fingerprint density at radius 1 is 0.353 bits per heavy atom. The molecule has 10 rings (SSSR count). The highest BCUT2D eigenvalue weighted by Crippen LogP contribution is 2.63. The minimum Gasteiger partial charge on any atom is -0.264 e. The van der Waals surface area contributed by atoms with Gasteiger partial charge in [-0.1, -0.05) is 54.6 Å². The van der Waals surface area contributed by atoms with Crippen molar-refractivity contribution < 1.29 is 25.3 Å². The van der Waals surface area contributed by atoms with Gasteiger partial charge in [0, 0.05) is 87.3 Å². The van der Waals surface area contributed by atoms with Gasteiger partial charge in [-0.2, -0.15) is 0 Å². The van der Waals surface area contributed by atoms with Crippen LogP contribution in [0.3, 0.4) is 0 Å². The number of aromatic nitrogens is 3. The molecule has 0 fully saturated rings. The van der Waals surface area contributed by atoms with Gasteiger partial charge in [0.1, 0.15) is 0 Å². The van der Waals surface area contributed by atoms with Crippen LogP contribution in [0.25, 0.3) is 66.8 Å². The van der Waals surface area contributed by atoms with E-state index in [-0.39, 0.29) is 62.8 Å². The maximum atomic E-state index is 14.8. The zero-order chi connectivity index (χ0) is 34.9. The Kier molecular flexibility index (Phi) is 5.97. The molecular weight excluding hydrogens is 703 g/mol. The van der Waals surface area contributed by atoms with Crippen LogP contribution in [0.4, 0.5) is 0 Å². The van der Waals surface area contributed by atoms with Crippen molar-refractivity contribution >= 4 is 29.5 Å². The molecule has 0 atom stereocenters. The quantitative estimate of drug-likeness (QED) is 0.183. The third-order valence-corrected chi connectivity index (χ3v) is 15.4. The van der Waals surface area contributed by atoms with Gasteiger partial charge in [0.05, 0.1) is 29.4 Å². The predicted octanol–water partition coefficient (Wildman–Crippen LogP) is 7.31. The Hall–Kier alpha value is -5.82. The summed E-state index contributed by atoms with van der Waals surface area (Å²) in [4.78, 5) is 11.2. The predicted molar refractivity (Wildman–Crippen MR) is 189 cm³/mol. The lowest BCUT2D eigenvalue weighted by Crippen LogP contribution is -2.06. The summed E-state index contributed by atoms with van der Waals surface area (Å²) >= 11 is 0. The number of rotatable bonds is 3. The van der Waals surface area contributed by atoms with E-state index in [4.69, 9.17) is 0 Å². The van der Waals surface area contributed by atoms with E-state index in [0.29, 0.717) is 33.4 Å². The maximum absolute atomic E-state index is 14.8. The minimum atomic E-state index is -4.45. The van der Waals surface area contributed by atoms with Crippen LogP contribution < -0.4 is 0 Å². The van der Waals surface area contributed by atoms with Crippen LogP contribution in [0, 0.1) is 0 Å². The number of nitrogens with zero attached hydrogens (tertiary/aromatic N) is 3. The highest BCUT2D eigenvalue weighted by Gasteiger charge is 2.52. The lowest BCUT2D eigenvalue weighted by Gasteiger charge is -2.14. The molecule has 0 bridgehead atoms. The number of hydrogen-bond acceptors (Lipinski definition) is 9. The third kappa shape index (κ3) is 3.94. The molecule has 3 aliphatic rings. The first-order valence-electron chi connectivity index (χ1n) is 15.7. The van der Waals surface area contributed by atoms with Gasteiger partial charge in [-0.25, -0.2) is 25.3 Å². The van der Waals surface area contributed by atoms with E-state index in [2.05, 4.69) is 15.0 Å². The fourth-order valence-corrected chi connectivity index (χ4v) is 13.5. The van der Waals surface area contributed by atoms with Crippen molar-refractivity contribution in [3.63, 3.8) is 0 Å². The normalized spacial score (nSPS) is 16.0. The van der Waals surface area contributed by atoms with Crippen molar-refractivity contribution in [3.05, 3.63) is 128 Å². The van der Waals surface area contributed by atoms with Crippen molar-refractivity contribution in [3.8, 4) is 66.8 Å². The molecule has 0 radical (unpaired) electrons. The van der Waals surface area contributed by atoms with E-state index in [1.807, 2.05) is 0 Å². The van der Waals surface area contributed by atoms with Crippen LogP contribution in [-0.4, -0.2) is 40.2 Å². The van der Waals surface area contributed by atoms with E-state index in [1.165, 1.54) is 18.2 Å². The Morgan fingerprint density at radius 2 is 0.647 bits per heavy atom. The first-order valence-corrected chi connectivity index (χ1v) is 20.2. The molecule has 51 heavy (non-hydrogen) atoms. The molecule has 3 aliphatic heterocycles. The standard InChI is InChI=1S/C39H21N3O6S3/c43-49(44)31-16-22(25-4-1-13-40-19-25)7-10-28(31)34-37(49)35-29-11-8-23(26-5-2-14-41-20-26)17-32(29)51(47,48)39(35)36-30-12-9-24(27-6-3-15-42-21-27)18-33(30)50(45,46)38(34)36/h1-21H. The molecule has 3 aromatic heterocycles. The Labute approximate surface area is 292 Å². The van der Waals surface area contributed by atoms with E-state index in [9.17, 15) is 25.3 Å². The van der Waals surface area contributed by atoms with Gasteiger partial charge in [-0.05, 0) is 53.1 Å². The lowest BCUT2D eigenvalue weighted by atomic mass is 9.91. The van der Waals surface area contributed by atoms with E-state index in [0.717, 1.165) is 0 Å². The van der Waals surface area contributed by atoms with Crippen LogP contribution in [0.2, 0.25) is 0 Å². The van der Waals surface area contributed by atoms with E-state index < -0.39 is 29.5 Å². The van der Waals surface area contributed by atoms with Crippen LogP contribution in [0.1, 0.15) is 0 Å². The van der Waals surface area contributed by atoms with Gasteiger partial charge in [-0.3, -0.25) is 15.0 Å². The highest BCUT2D eigenvalue weighted by atomic mass is 32.2. The minimum absolute atomic E-state index is 0.0185. The second kappa shape index (κ2) is 10.1. The summed E-state index contributed by atoms with van der Waals surface area (Å²) in [7, 11) is -13.4. The Bertz CT molecular complexity index is 2690. The molecule has 0 unspecified atom stereocenters. The Balaban J connectivity index is 1.33. The van der Waals surface area contributed by atoms with E-state index >= 15 is 0 Å². The van der Waals surface area contributed by atoms with Gasteiger partial charge in [0.15, 0.2) is 0 Å². The van der Waals surface area contributed by atoms with Crippen molar-refractivity contribution in [1.29, 1.82) is 0 Å². The molecule has 0 aliphatic carbocycles. The van der Waals surface area contributed by atoms with Crippen LogP contribution in [0.15, 0.2) is 158 Å². The van der Waals surface area contributed by atoms with Crippen molar-refractivity contribution in [2.75, 3.05) is 0 Å². The smallest absolute Gasteiger partial charge is 0.208 e. The summed E-state index contributed by atoms with van der Waals surface area (Å²) in [5.74, 6) is 0. The number of sulfone groups is 3. The Morgan fingerprint density at radius 3 is 0.902 bits per heavy atom. The largest absolute Gasteiger partial charge is 0.264 e. The molecule has 7 aromatic rings. The van der Waals surface area contributed by atoms with Crippen molar-refractivity contribution in [2.24, 2.45) is 0 Å². The second-order valence-corrected chi connectivity index (χ2v) is 18.0. The average Bonchev–Trinajstić information content (AvgIpc) is 3.64. The fraction of sp³-hybridized carbons (Fsp3) is 0. The zero-order valence-electron chi connectivity index (χ0n) is 26.1. The second-order valence-electron chi connectivity index (χ2n) is 12.5. The van der Waals surface area contributed by atoms with Gasteiger partial charge >= 0.3 is 0 Å². The highest BCUT2D eigenvalue weighted by molar-refractivity contribution is 7.94. The zero-order valence-corrected chi connectivity index (χ0v) is 28.6. The van der Waals surface area contributed by atoms with Crippen LogP contribution >= 0.6 is 0 Å². The summed E-state index contributed by atoms with van der Waals surface area (Å²) in [5.41, 5.74) is 4.21. The van der Waals surface area contributed by atoms with E-state index in [1.54, 1.807) is 110 Å². The monoisotopic (exact) mass is 723 g/mol. The molecule has 12 heteroatoms. The molecule has 4 aromatic carbocycles. The molecule has 0 N–H and O–H groups in total. The first kappa shape index (κ1) is 30.0. The number of fused-ring (bicyclic) bond motifs is 12. The SMILES string of the molecule is O=S1(=O)c2cc(-c3cccnc3)ccc2-c2c1c1c(c3c2S(=O)(=O)c2cc(-c4cccnc4)ccc2-3)S(=O)(=O)c2cc(-c3cccnc3)ccc2-1. The van der Waals surface area contributed by atoms with Crippen molar-refractivity contribution in [2.45, 2.75) is 29.4 Å². The van der Waals surface area contributed by atoms with Gasteiger partial charge in [0.25, 0.3) is 0 Å². The van der Waals surface area contributed by atoms with Crippen molar-refractivity contribution in [1.82, 2.24) is 15.0 Å². The third-order valence-electron chi connectivity index (χ3n) is 9.77. The van der Waals surface area contributed by atoms with Crippen LogP contribution in [0.5, 0.6) is 0 Å². The van der Waals surface area contributed by atoms with Gasteiger partial charge in [-0.15, -0.1) is 0 Å². The summed E-state index contributed by atoms with van der Waals surface area (Å²) in [6, 6.07) is 25.1. The molecule has 0 amide bonds. The summed E-state index contributed by atoms with van der Waals surface area (Å²) in [5, 5.41) is 0. The molecular formula is C39H21N3O6S3. The summed E-state index contributed by atoms with van der Waals surface area (Å²) in [6.07, 6.45) is 9.64. The number of hydrogen-bond donors (Lipinski definition) is 0. The molecule has 9 nitrogen and oxygen atoms in total. The molecule has 0 spiro atoms. The average molecular weight is 724 g/mol. The molecule has 0 saturated carbocycles. The first-order chi connectivity index (χ1) is 24.6. The van der Waals surface area contributed by atoms with Gasteiger partial charge in [0.2, 0.25) is 29.5 Å². The summed E-state index contributed by atoms with van der Waals surface area (Å²) < 4.78 is 89.0. The maximum Gasteiger partial charge on any atom is 0.208 e. The number of pyridine rings is 3. The lowest BCUT2D eigenvalue weighted by molar-refractivity contribution is 0.598. The number of benzene rings is 4.